The molecule has 0 aliphatic heterocycles. The van der Waals surface area contributed by atoms with Crippen molar-refractivity contribution in [3.05, 3.63) is 58.1 Å². The minimum absolute atomic E-state index is 0.123. The number of carbonyl (C=O) groups excluding carboxylic acids is 2. The summed E-state index contributed by atoms with van der Waals surface area (Å²) >= 11 is 3.45. The van der Waals surface area contributed by atoms with Gasteiger partial charge in [-0.05, 0) is 79.0 Å². The van der Waals surface area contributed by atoms with Gasteiger partial charge in [-0.2, -0.15) is 0 Å². The molecule has 144 valence electrons. The van der Waals surface area contributed by atoms with E-state index in [9.17, 15) is 9.59 Å². The lowest BCUT2D eigenvalue weighted by molar-refractivity contribution is -0.118. The second-order valence-electron chi connectivity index (χ2n) is 7.24. The van der Waals surface area contributed by atoms with Crippen LogP contribution < -0.4 is 15.4 Å². The smallest absolute Gasteiger partial charge is 0.262 e. The molecule has 0 heterocycles. The Hall–Kier alpha value is -2.34. The van der Waals surface area contributed by atoms with E-state index in [1.165, 1.54) is 5.56 Å². The molecule has 0 unspecified atom stereocenters. The molecule has 2 aromatic rings. The van der Waals surface area contributed by atoms with Crippen LogP contribution in [0.4, 0.5) is 5.69 Å². The van der Waals surface area contributed by atoms with E-state index in [2.05, 4.69) is 33.5 Å². The van der Waals surface area contributed by atoms with Gasteiger partial charge >= 0.3 is 0 Å². The fraction of sp³-hybridized carbons (Fsp3) is 0.333. The Kier molecular flexibility index (Phi) is 7.02. The quantitative estimate of drug-likeness (QED) is 0.702. The van der Waals surface area contributed by atoms with Crippen molar-refractivity contribution in [2.24, 2.45) is 0 Å². The van der Waals surface area contributed by atoms with Crippen molar-refractivity contribution in [1.29, 1.82) is 0 Å². The third-order valence-corrected chi connectivity index (χ3v) is 4.28. The average molecular weight is 433 g/mol. The number of amides is 2. The average Bonchev–Trinajstić information content (AvgIpc) is 2.59. The van der Waals surface area contributed by atoms with E-state index in [0.29, 0.717) is 17.0 Å². The molecule has 0 atom stereocenters. The first kappa shape index (κ1) is 21.0. The fourth-order valence-corrected chi connectivity index (χ4v) is 2.91. The molecule has 2 N–H and O–H groups in total. The summed E-state index contributed by atoms with van der Waals surface area (Å²) < 4.78 is 6.39. The van der Waals surface area contributed by atoms with Gasteiger partial charge in [-0.15, -0.1) is 0 Å². The molecular weight excluding hydrogens is 408 g/mol. The van der Waals surface area contributed by atoms with Crippen molar-refractivity contribution in [2.75, 3.05) is 11.9 Å². The molecule has 0 saturated carbocycles. The molecule has 27 heavy (non-hydrogen) atoms. The Morgan fingerprint density at radius 1 is 1.11 bits per heavy atom. The van der Waals surface area contributed by atoms with E-state index in [1.54, 1.807) is 24.3 Å². The highest BCUT2D eigenvalue weighted by molar-refractivity contribution is 9.10. The second-order valence-corrected chi connectivity index (χ2v) is 8.09. The fourth-order valence-electron chi connectivity index (χ4n) is 2.37. The van der Waals surface area contributed by atoms with Crippen LogP contribution in [0.1, 0.15) is 43.6 Å². The Labute approximate surface area is 168 Å². The zero-order chi connectivity index (χ0) is 20.0. The van der Waals surface area contributed by atoms with Gasteiger partial charge in [0.05, 0.1) is 4.47 Å². The molecule has 6 heteroatoms. The highest BCUT2D eigenvalue weighted by atomic mass is 79.9. The van der Waals surface area contributed by atoms with Crippen LogP contribution in [0, 0.1) is 0 Å². The van der Waals surface area contributed by atoms with Crippen molar-refractivity contribution >= 4 is 33.4 Å². The summed E-state index contributed by atoms with van der Waals surface area (Å²) in [5, 5.41) is 5.65. The first-order valence-electron chi connectivity index (χ1n) is 8.81. The molecule has 0 fully saturated rings. The zero-order valence-electron chi connectivity index (χ0n) is 16.1. The minimum Gasteiger partial charge on any atom is -0.483 e. The standard InChI is InChI=1S/C21H25BrN2O3/c1-5-14-9-10-18(17(22)11-14)27-13-19(25)23-16-8-6-7-15(12-16)20(26)24-21(2,3)4/h6-12H,5,13H2,1-4H3,(H,23,25)(H,24,26). The predicted octanol–water partition coefficient (Wildman–Crippen LogP) is 4.56. The molecule has 0 aliphatic carbocycles. The van der Waals surface area contributed by atoms with Crippen LogP contribution in [0.2, 0.25) is 0 Å². The van der Waals surface area contributed by atoms with E-state index in [1.807, 2.05) is 39.0 Å². The highest BCUT2D eigenvalue weighted by Gasteiger charge is 2.16. The first-order valence-corrected chi connectivity index (χ1v) is 9.61. The van der Waals surface area contributed by atoms with Gasteiger partial charge in [-0.3, -0.25) is 9.59 Å². The molecule has 0 bridgehead atoms. The van der Waals surface area contributed by atoms with Gasteiger partial charge in [0, 0.05) is 16.8 Å². The Bertz CT molecular complexity index is 828. The molecule has 5 nitrogen and oxygen atoms in total. The maximum atomic E-state index is 12.2. The van der Waals surface area contributed by atoms with Gasteiger partial charge in [0.15, 0.2) is 6.61 Å². The zero-order valence-corrected chi connectivity index (χ0v) is 17.6. The summed E-state index contributed by atoms with van der Waals surface area (Å²) in [5.41, 5.74) is 1.89. The summed E-state index contributed by atoms with van der Waals surface area (Å²) in [6.45, 7) is 7.70. The van der Waals surface area contributed by atoms with Gasteiger partial charge in [0.25, 0.3) is 11.8 Å². The number of carbonyl (C=O) groups is 2. The molecule has 0 aromatic heterocycles. The van der Waals surface area contributed by atoms with E-state index in [4.69, 9.17) is 4.74 Å². The van der Waals surface area contributed by atoms with Crippen LogP contribution in [0.15, 0.2) is 46.9 Å². The minimum atomic E-state index is -0.328. The first-order chi connectivity index (χ1) is 12.7. The number of aryl methyl sites for hydroxylation is 1. The molecule has 0 aliphatic rings. The van der Waals surface area contributed by atoms with Crippen LogP contribution in [0.5, 0.6) is 5.75 Å². The molecular formula is C21H25BrN2O3. The number of benzene rings is 2. The van der Waals surface area contributed by atoms with Crippen LogP contribution in [-0.4, -0.2) is 24.0 Å². The summed E-state index contributed by atoms with van der Waals surface area (Å²) in [6.07, 6.45) is 0.929. The van der Waals surface area contributed by atoms with E-state index >= 15 is 0 Å². The number of anilines is 1. The molecule has 0 saturated heterocycles. The van der Waals surface area contributed by atoms with Crippen molar-refractivity contribution in [3.63, 3.8) is 0 Å². The predicted molar refractivity (Wildman–Crippen MR) is 111 cm³/mol. The van der Waals surface area contributed by atoms with Crippen molar-refractivity contribution in [1.82, 2.24) is 5.32 Å². The van der Waals surface area contributed by atoms with Gasteiger partial charge in [-0.25, -0.2) is 0 Å². The number of nitrogens with one attached hydrogen (secondary N) is 2. The molecule has 0 radical (unpaired) electrons. The molecule has 0 spiro atoms. The van der Waals surface area contributed by atoms with Gasteiger partial charge < -0.3 is 15.4 Å². The summed E-state index contributed by atoms with van der Waals surface area (Å²) in [5.74, 6) is 0.130. The van der Waals surface area contributed by atoms with Gasteiger partial charge in [0.2, 0.25) is 0 Å². The summed E-state index contributed by atoms with van der Waals surface area (Å²) in [6, 6.07) is 12.6. The van der Waals surface area contributed by atoms with Crippen LogP contribution >= 0.6 is 15.9 Å². The SMILES string of the molecule is CCc1ccc(OCC(=O)Nc2cccc(C(=O)NC(C)(C)C)c2)c(Br)c1. The lowest BCUT2D eigenvalue weighted by Crippen LogP contribution is -2.40. The molecule has 2 amide bonds. The largest absolute Gasteiger partial charge is 0.483 e. The topological polar surface area (TPSA) is 67.4 Å². The van der Waals surface area contributed by atoms with Crippen LogP contribution in [0.25, 0.3) is 0 Å². The van der Waals surface area contributed by atoms with Gasteiger partial charge in [-0.1, -0.05) is 19.1 Å². The number of rotatable bonds is 6. The monoisotopic (exact) mass is 432 g/mol. The summed E-state index contributed by atoms with van der Waals surface area (Å²) in [7, 11) is 0. The number of halogens is 1. The number of ether oxygens (including phenoxy) is 1. The maximum Gasteiger partial charge on any atom is 0.262 e. The second kappa shape index (κ2) is 9.04. The maximum absolute atomic E-state index is 12.2. The van der Waals surface area contributed by atoms with Crippen molar-refractivity contribution in [2.45, 2.75) is 39.7 Å². The number of hydrogen-bond acceptors (Lipinski definition) is 3. The Balaban J connectivity index is 1.96. The van der Waals surface area contributed by atoms with E-state index < -0.39 is 0 Å². The highest BCUT2D eigenvalue weighted by Crippen LogP contribution is 2.26. The Morgan fingerprint density at radius 3 is 2.48 bits per heavy atom. The van der Waals surface area contributed by atoms with Crippen molar-refractivity contribution < 1.29 is 14.3 Å². The van der Waals surface area contributed by atoms with E-state index in [-0.39, 0.29) is 24.0 Å². The van der Waals surface area contributed by atoms with Crippen LogP contribution in [0.3, 0.4) is 0 Å². The third-order valence-electron chi connectivity index (χ3n) is 3.66. The summed E-state index contributed by atoms with van der Waals surface area (Å²) in [4.78, 5) is 24.4. The van der Waals surface area contributed by atoms with E-state index in [0.717, 1.165) is 10.9 Å². The normalized spacial score (nSPS) is 11.0. The molecule has 2 rings (SSSR count). The number of hydrogen-bond donors (Lipinski definition) is 2. The third kappa shape index (κ3) is 6.71. The lowest BCUT2D eigenvalue weighted by Gasteiger charge is -2.20. The Morgan fingerprint density at radius 2 is 1.85 bits per heavy atom. The van der Waals surface area contributed by atoms with Gasteiger partial charge in [0.1, 0.15) is 5.75 Å². The lowest BCUT2D eigenvalue weighted by atomic mass is 10.1. The van der Waals surface area contributed by atoms with Crippen LogP contribution in [-0.2, 0) is 11.2 Å². The molecule has 2 aromatic carbocycles. The van der Waals surface area contributed by atoms with Crippen molar-refractivity contribution in [3.8, 4) is 5.75 Å².